The topological polar surface area (TPSA) is 70.8 Å². The van der Waals surface area contributed by atoms with Crippen molar-refractivity contribution in [3.8, 4) is 0 Å². The third-order valence-electron chi connectivity index (χ3n) is 2.82. The van der Waals surface area contributed by atoms with Gasteiger partial charge in [-0.2, -0.15) is 13.2 Å². The summed E-state index contributed by atoms with van der Waals surface area (Å²) in [6, 6.07) is 2.94. The van der Waals surface area contributed by atoms with Crippen LogP contribution in [0.3, 0.4) is 0 Å². The fourth-order valence-electron chi connectivity index (χ4n) is 1.60. The van der Waals surface area contributed by atoms with Gasteiger partial charge in [-0.05, 0) is 26.0 Å². The summed E-state index contributed by atoms with van der Waals surface area (Å²) < 4.78 is 42.6. The number of carboxylic acids is 1. The van der Waals surface area contributed by atoms with E-state index in [0.717, 1.165) is 0 Å². The minimum atomic E-state index is -4.57. The van der Waals surface area contributed by atoms with Gasteiger partial charge in [0.2, 0.25) is 5.91 Å². The number of amides is 1. The zero-order chi connectivity index (χ0) is 16.3. The van der Waals surface area contributed by atoms with Crippen LogP contribution in [-0.4, -0.2) is 34.6 Å². The highest BCUT2D eigenvalue weighted by molar-refractivity contribution is 5.84. The van der Waals surface area contributed by atoms with E-state index in [9.17, 15) is 22.8 Å². The second-order valence-corrected chi connectivity index (χ2v) is 5.31. The number of carbonyl (C=O) groups excluding carboxylic acids is 1. The molecule has 8 heteroatoms. The zero-order valence-corrected chi connectivity index (χ0v) is 11.6. The number of hydrogen-bond donors (Lipinski definition) is 1. The van der Waals surface area contributed by atoms with Crippen LogP contribution in [0.4, 0.5) is 13.2 Å². The van der Waals surface area contributed by atoms with Crippen LogP contribution in [0.5, 0.6) is 0 Å². The number of alkyl halides is 3. The van der Waals surface area contributed by atoms with Gasteiger partial charge in [-0.15, -0.1) is 0 Å². The Labute approximate surface area is 119 Å². The standard InChI is InChI=1S/C13H16F3NO4/c1-12(2,11(19)20)6-10(18)17(8-13(14,15)16)7-9-4-3-5-21-9/h3-5H,6-8H2,1-2H3,(H,19,20). The summed E-state index contributed by atoms with van der Waals surface area (Å²) in [7, 11) is 0. The van der Waals surface area contributed by atoms with Crippen LogP contribution in [0.1, 0.15) is 26.0 Å². The molecule has 0 aliphatic carbocycles. The summed E-state index contributed by atoms with van der Waals surface area (Å²) in [5, 5.41) is 8.95. The Hall–Kier alpha value is -1.99. The van der Waals surface area contributed by atoms with Crippen LogP contribution in [-0.2, 0) is 16.1 Å². The van der Waals surface area contributed by atoms with Crippen LogP contribution >= 0.6 is 0 Å². The molecule has 0 unspecified atom stereocenters. The van der Waals surface area contributed by atoms with Gasteiger partial charge in [0.25, 0.3) is 0 Å². The molecule has 5 nitrogen and oxygen atoms in total. The van der Waals surface area contributed by atoms with Gasteiger partial charge < -0.3 is 14.4 Å². The second-order valence-electron chi connectivity index (χ2n) is 5.31. The molecular formula is C13H16F3NO4. The quantitative estimate of drug-likeness (QED) is 0.877. The molecule has 1 amide bonds. The summed E-state index contributed by atoms with van der Waals surface area (Å²) in [6.45, 7) is 0.751. The van der Waals surface area contributed by atoms with Gasteiger partial charge in [-0.1, -0.05) is 0 Å². The van der Waals surface area contributed by atoms with E-state index in [1.54, 1.807) is 0 Å². The third kappa shape index (κ3) is 5.49. The summed E-state index contributed by atoms with van der Waals surface area (Å²) in [4.78, 5) is 23.5. The Balaban J connectivity index is 2.85. The Kier molecular flexibility index (Phi) is 5.03. The predicted molar refractivity (Wildman–Crippen MR) is 66.2 cm³/mol. The number of aliphatic carboxylic acids is 1. The molecule has 0 aromatic carbocycles. The second kappa shape index (κ2) is 6.19. The van der Waals surface area contributed by atoms with Crippen molar-refractivity contribution in [2.45, 2.75) is 33.0 Å². The normalized spacial score (nSPS) is 12.2. The minimum absolute atomic E-state index is 0.195. The maximum atomic E-state index is 12.5. The summed E-state index contributed by atoms with van der Waals surface area (Å²) in [5.74, 6) is -1.95. The van der Waals surface area contributed by atoms with Crippen LogP contribution in [0.2, 0.25) is 0 Å². The number of halogens is 3. The van der Waals surface area contributed by atoms with Gasteiger partial charge in [-0.25, -0.2) is 0 Å². The smallest absolute Gasteiger partial charge is 0.406 e. The van der Waals surface area contributed by atoms with Gasteiger partial charge in [0, 0.05) is 6.42 Å². The Bertz CT molecular complexity index is 494. The highest BCUT2D eigenvalue weighted by Gasteiger charge is 2.37. The molecule has 1 N–H and O–H groups in total. The van der Waals surface area contributed by atoms with Crippen LogP contribution in [0.15, 0.2) is 22.8 Å². The van der Waals surface area contributed by atoms with Crippen LogP contribution in [0.25, 0.3) is 0 Å². The van der Waals surface area contributed by atoms with Crippen molar-refractivity contribution in [3.63, 3.8) is 0 Å². The van der Waals surface area contributed by atoms with Crippen molar-refractivity contribution in [1.82, 2.24) is 4.90 Å². The average Bonchev–Trinajstić information content (AvgIpc) is 2.78. The lowest BCUT2D eigenvalue weighted by Gasteiger charge is -2.26. The van der Waals surface area contributed by atoms with Crippen LogP contribution < -0.4 is 0 Å². The number of carboxylic acid groups (broad SMARTS) is 1. The van der Waals surface area contributed by atoms with E-state index < -0.39 is 36.4 Å². The molecule has 21 heavy (non-hydrogen) atoms. The molecule has 1 heterocycles. The van der Waals surface area contributed by atoms with Gasteiger partial charge >= 0.3 is 12.1 Å². The van der Waals surface area contributed by atoms with E-state index in [2.05, 4.69) is 0 Å². The summed E-state index contributed by atoms with van der Waals surface area (Å²) in [5.41, 5.74) is -1.44. The number of carbonyl (C=O) groups is 2. The lowest BCUT2D eigenvalue weighted by Crippen LogP contribution is -2.41. The van der Waals surface area contributed by atoms with Crippen molar-refractivity contribution >= 4 is 11.9 Å². The number of rotatable bonds is 6. The molecule has 0 saturated heterocycles. The van der Waals surface area contributed by atoms with Crippen molar-refractivity contribution < 1.29 is 32.3 Å². The fraction of sp³-hybridized carbons (Fsp3) is 0.538. The monoisotopic (exact) mass is 307 g/mol. The van der Waals surface area contributed by atoms with E-state index in [-0.39, 0.29) is 12.3 Å². The molecule has 0 aliphatic heterocycles. The molecule has 1 aromatic rings. The molecule has 0 atom stereocenters. The van der Waals surface area contributed by atoms with E-state index in [0.29, 0.717) is 4.90 Å². The zero-order valence-electron chi connectivity index (χ0n) is 11.6. The van der Waals surface area contributed by atoms with Gasteiger partial charge in [-0.3, -0.25) is 9.59 Å². The molecule has 1 rings (SSSR count). The van der Waals surface area contributed by atoms with Crippen molar-refractivity contribution in [2.24, 2.45) is 5.41 Å². The van der Waals surface area contributed by atoms with Gasteiger partial charge in [0.05, 0.1) is 18.2 Å². The van der Waals surface area contributed by atoms with E-state index in [1.165, 1.54) is 32.2 Å². The summed E-state index contributed by atoms with van der Waals surface area (Å²) >= 11 is 0. The van der Waals surface area contributed by atoms with Crippen LogP contribution in [0, 0.1) is 5.41 Å². The SMILES string of the molecule is CC(C)(CC(=O)N(Cc1ccco1)CC(F)(F)F)C(=O)O. The molecule has 0 saturated carbocycles. The third-order valence-corrected chi connectivity index (χ3v) is 2.82. The largest absolute Gasteiger partial charge is 0.481 e. The van der Waals surface area contributed by atoms with E-state index in [1.807, 2.05) is 0 Å². The summed E-state index contributed by atoms with van der Waals surface area (Å²) in [6.07, 6.45) is -3.82. The highest BCUT2D eigenvalue weighted by atomic mass is 19.4. The van der Waals surface area contributed by atoms with Crippen molar-refractivity contribution in [1.29, 1.82) is 0 Å². The van der Waals surface area contributed by atoms with E-state index >= 15 is 0 Å². The average molecular weight is 307 g/mol. The Morgan fingerprint density at radius 1 is 1.33 bits per heavy atom. The maximum absolute atomic E-state index is 12.5. The lowest BCUT2D eigenvalue weighted by atomic mass is 9.89. The first-order valence-electron chi connectivity index (χ1n) is 6.11. The molecular weight excluding hydrogens is 291 g/mol. The molecule has 0 fully saturated rings. The Morgan fingerprint density at radius 3 is 2.38 bits per heavy atom. The lowest BCUT2D eigenvalue weighted by molar-refractivity contribution is -0.166. The predicted octanol–water partition coefficient (Wildman–Crippen LogP) is 2.67. The molecule has 0 aliphatic rings. The maximum Gasteiger partial charge on any atom is 0.406 e. The molecule has 0 radical (unpaired) electrons. The van der Waals surface area contributed by atoms with Crippen molar-refractivity contribution in [2.75, 3.05) is 6.54 Å². The van der Waals surface area contributed by atoms with E-state index in [4.69, 9.17) is 9.52 Å². The first kappa shape index (κ1) is 17.1. The number of hydrogen-bond acceptors (Lipinski definition) is 3. The fourth-order valence-corrected chi connectivity index (χ4v) is 1.60. The molecule has 1 aromatic heterocycles. The van der Waals surface area contributed by atoms with Gasteiger partial charge in [0.1, 0.15) is 12.3 Å². The Morgan fingerprint density at radius 2 is 1.95 bits per heavy atom. The molecule has 0 bridgehead atoms. The molecule has 0 spiro atoms. The molecule has 118 valence electrons. The van der Waals surface area contributed by atoms with Crippen molar-refractivity contribution in [3.05, 3.63) is 24.2 Å². The number of nitrogens with zero attached hydrogens (tertiary/aromatic N) is 1. The first-order valence-corrected chi connectivity index (χ1v) is 6.11. The number of furan rings is 1. The first-order chi connectivity index (χ1) is 9.51. The van der Waals surface area contributed by atoms with Gasteiger partial charge in [0.15, 0.2) is 0 Å². The highest BCUT2D eigenvalue weighted by Crippen LogP contribution is 2.25. The minimum Gasteiger partial charge on any atom is -0.481 e.